The van der Waals surface area contributed by atoms with Crippen LogP contribution < -0.4 is 27.1 Å². The molecule has 0 aliphatic carbocycles. The molecule has 0 aliphatic heterocycles. The second-order valence-corrected chi connectivity index (χ2v) is 12.4. The number of allylic oxidation sites excluding steroid dienone is 2. The van der Waals surface area contributed by atoms with Crippen LogP contribution in [0.15, 0.2) is 114 Å². The molecule has 7 aromatic rings. The van der Waals surface area contributed by atoms with Gasteiger partial charge < -0.3 is 0 Å². The average molecular weight is 618 g/mol. The van der Waals surface area contributed by atoms with E-state index < -0.39 is 0 Å². The second-order valence-electron chi connectivity index (χ2n) is 12.4. The molecule has 10 heteroatoms. The molecule has 0 bridgehead atoms. The Bertz CT molecular complexity index is 2660. The van der Waals surface area contributed by atoms with E-state index in [1.807, 2.05) is 110 Å². The second kappa shape index (κ2) is 13.1. The van der Waals surface area contributed by atoms with E-state index in [0.29, 0.717) is 37.7 Å². The first-order valence-electron chi connectivity index (χ1n) is 16.1. The molecule has 7 rings (SSSR count). The van der Waals surface area contributed by atoms with Gasteiger partial charge in [-0.1, -0.05) is 0 Å². The number of nitrogens with zero attached hydrogens (tertiary/aromatic N) is 2. The first kappa shape index (κ1) is 33.7. The summed E-state index contributed by atoms with van der Waals surface area (Å²) in [5.74, 6) is 0.818. The number of hydrogen-bond acceptors (Lipinski definition) is 1. The van der Waals surface area contributed by atoms with Crippen LogP contribution in [0.1, 0.15) is 12.7 Å². The molecule has 0 saturated carbocycles. The summed E-state index contributed by atoms with van der Waals surface area (Å²) in [5, 5.41) is 1.84. The average Bonchev–Trinajstić information content (AvgIpc) is 3.47. The molecule has 0 N–H and O–H groups in total. The molecular weight excluding hydrogens is 595 g/mol. The monoisotopic (exact) mass is 619 g/mol. The van der Waals surface area contributed by atoms with Crippen molar-refractivity contribution in [2.75, 3.05) is 0 Å². The van der Waals surface area contributed by atoms with Gasteiger partial charge in [-0.3, -0.25) is 0 Å². The summed E-state index contributed by atoms with van der Waals surface area (Å²) in [4.78, 5) is 4.79. The van der Waals surface area contributed by atoms with Gasteiger partial charge in [-0.25, -0.2) is 0 Å². The minimum absolute atomic E-state index is 0.152. The van der Waals surface area contributed by atoms with E-state index in [1.54, 1.807) is 6.92 Å². The maximum atomic E-state index is 7.34. The third-order valence-electron chi connectivity index (χ3n) is 9.33. The number of para-hydroxylation sites is 2. The van der Waals surface area contributed by atoms with Gasteiger partial charge in [0.25, 0.3) is 0 Å². The number of benzene rings is 6. The summed E-state index contributed by atoms with van der Waals surface area (Å²) in [6.45, 7) is 3.65. The maximum absolute atomic E-state index is 7.34. The van der Waals surface area contributed by atoms with Crippen molar-refractivity contribution in [3.05, 3.63) is 130 Å². The molecule has 2 nitrogen and oxygen atoms in total. The van der Waals surface area contributed by atoms with Crippen LogP contribution in [0.4, 0.5) is 0 Å². The van der Waals surface area contributed by atoms with Crippen LogP contribution >= 0.6 is 0 Å². The van der Waals surface area contributed by atoms with E-state index in [0.717, 1.165) is 44.8 Å². The molecule has 0 spiro atoms. The topological polar surface area (TPSA) is 17.8 Å². The van der Waals surface area contributed by atoms with Crippen LogP contribution in [-0.2, 0) is 0 Å². The molecular formula is C40H23B8N2. The van der Waals surface area contributed by atoms with Crippen molar-refractivity contribution in [1.82, 2.24) is 9.55 Å². The molecule has 0 atom stereocenters. The fraction of sp³-hybridized carbons (Fsp3) is 0.0500. The van der Waals surface area contributed by atoms with Crippen molar-refractivity contribution in [3.63, 3.8) is 0 Å². The number of hydrogen-bond donors (Lipinski definition) is 0. The number of fused-ring (bicyclic) bond motifs is 2. The van der Waals surface area contributed by atoms with E-state index in [1.165, 1.54) is 0 Å². The summed E-state index contributed by atoms with van der Waals surface area (Å²) in [6.07, 6.45) is 0. The molecule has 1 aromatic heterocycles. The standard InChI is InChI=1S/C40H23B8N2/c1-20(41)34(42)38(46)33-29(23-13-10-14-24(19-23)50-21(2)49-27-17-8-9-18-28(27)50)31-32(37(45)40(48)39(47)36(31)44)30(35(33)43)26-16-7-6-15-25(26)22-11-4-3-5-12-22/h3-19H,1-2H3/b34-20-,38-33+. The van der Waals surface area contributed by atoms with Gasteiger partial charge in [0.05, 0.1) is 0 Å². The van der Waals surface area contributed by atoms with E-state index in [-0.39, 0.29) is 32.8 Å². The van der Waals surface area contributed by atoms with Crippen LogP contribution in [-0.4, -0.2) is 72.0 Å². The number of aromatic nitrogens is 2. The number of imidazole rings is 1. The molecule has 217 valence electrons. The molecule has 0 saturated heterocycles. The fourth-order valence-electron chi connectivity index (χ4n) is 6.91. The van der Waals surface area contributed by atoms with Gasteiger partial charge in [-0.2, -0.15) is 0 Å². The predicted octanol–water partition coefficient (Wildman–Crippen LogP) is 2.93. The fourth-order valence-corrected chi connectivity index (χ4v) is 6.91. The van der Waals surface area contributed by atoms with Crippen LogP contribution in [0.25, 0.3) is 66.3 Å². The Morgan fingerprint density at radius 2 is 1.20 bits per heavy atom. The van der Waals surface area contributed by atoms with E-state index in [4.69, 9.17) is 67.4 Å². The van der Waals surface area contributed by atoms with Crippen molar-refractivity contribution in [3.8, 4) is 39.1 Å². The Hall–Kier alpha value is -4.82. The minimum atomic E-state index is 0.152. The summed E-state index contributed by atoms with van der Waals surface area (Å²) in [6, 6.07) is 33.8. The van der Waals surface area contributed by atoms with Crippen molar-refractivity contribution in [2.45, 2.75) is 13.8 Å². The van der Waals surface area contributed by atoms with Gasteiger partial charge in [-0.05, 0) is 0 Å². The summed E-state index contributed by atoms with van der Waals surface area (Å²) in [5.41, 5.74) is 8.76. The Morgan fingerprint density at radius 3 is 1.88 bits per heavy atom. The Kier molecular flexibility index (Phi) is 8.85. The molecule has 0 amide bonds. The molecule has 0 aliphatic rings. The zero-order valence-corrected chi connectivity index (χ0v) is 27.8. The van der Waals surface area contributed by atoms with Gasteiger partial charge in [0.1, 0.15) is 0 Å². The third-order valence-corrected chi connectivity index (χ3v) is 9.33. The Labute approximate surface area is 303 Å². The van der Waals surface area contributed by atoms with Crippen molar-refractivity contribution < 1.29 is 0 Å². The number of aryl methyl sites for hydroxylation is 1. The normalized spacial score (nSPS) is 12.7. The van der Waals surface area contributed by atoms with Crippen LogP contribution in [0.3, 0.4) is 0 Å². The molecule has 50 heavy (non-hydrogen) atoms. The molecule has 0 unspecified atom stereocenters. The van der Waals surface area contributed by atoms with E-state index in [2.05, 4.69) is 4.57 Å². The van der Waals surface area contributed by atoms with Crippen molar-refractivity contribution in [2.24, 2.45) is 0 Å². The summed E-state index contributed by atoms with van der Waals surface area (Å²) in [7, 11) is 54.3. The van der Waals surface area contributed by atoms with Gasteiger partial charge in [0.15, 0.2) is 0 Å². The quantitative estimate of drug-likeness (QED) is 0.272. The van der Waals surface area contributed by atoms with Crippen LogP contribution in [0, 0.1) is 12.0 Å². The molecule has 15 radical (unpaired) electrons. The molecule has 0 fully saturated rings. The Morgan fingerprint density at radius 1 is 0.620 bits per heavy atom. The third kappa shape index (κ3) is 5.41. The number of rotatable bonds is 5. The van der Waals surface area contributed by atoms with E-state index in [9.17, 15) is 0 Å². The Balaban J connectivity index is 1.72. The SMILES string of the molecule is [B]/C(C)=C([B])/C([B])=c1/c(-c2cccc(-n3c(C)nc4ccccc43)c2)c2c([B])c([B])c([B])c([B])c2c(-c2ccccc2-c2ccccc2)c1=[B]. The van der Waals surface area contributed by atoms with Crippen LogP contribution in [0.5, 0.6) is 0 Å². The molecule has 1 heterocycles. The van der Waals surface area contributed by atoms with Crippen molar-refractivity contribution >= 4 is 112 Å². The van der Waals surface area contributed by atoms with Gasteiger partial charge in [-0.15, -0.1) is 0 Å². The van der Waals surface area contributed by atoms with E-state index >= 15 is 0 Å². The van der Waals surface area contributed by atoms with Crippen LogP contribution in [0.2, 0.25) is 0 Å². The first-order chi connectivity index (χ1) is 24.0. The van der Waals surface area contributed by atoms with Gasteiger partial charge in [0, 0.05) is 0 Å². The zero-order valence-electron chi connectivity index (χ0n) is 27.8. The summed E-state index contributed by atoms with van der Waals surface area (Å²) < 4.78 is 2.09. The van der Waals surface area contributed by atoms with Gasteiger partial charge >= 0.3 is 304 Å². The first-order valence-corrected chi connectivity index (χ1v) is 16.1. The molecule has 6 aromatic carbocycles. The predicted molar refractivity (Wildman–Crippen MR) is 219 cm³/mol. The summed E-state index contributed by atoms with van der Waals surface area (Å²) >= 11 is 0. The van der Waals surface area contributed by atoms with Crippen molar-refractivity contribution in [1.29, 1.82) is 0 Å². The van der Waals surface area contributed by atoms with Gasteiger partial charge in [0.2, 0.25) is 0 Å². The zero-order chi connectivity index (χ0) is 35.4.